The Kier molecular flexibility index (Phi) is 6.18. The van der Waals surface area contributed by atoms with Gasteiger partial charge in [0.1, 0.15) is 22.8 Å². The maximum absolute atomic E-state index is 13.5. The van der Waals surface area contributed by atoms with E-state index < -0.39 is 58.4 Å². The van der Waals surface area contributed by atoms with Crippen molar-refractivity contribution in [1.82, 2.24) is 0 Å². The van der Waals surface area contributed by atoms with Crippen LogP contribution in [-0.2, 0) is 20.8 Å². The molecule has 3 aliphatic carbocycles. The first-order valence-corrected chi connectivity index (χ1v) is 11.6. The van der Waals surface area contributed by atoms with Crippen LogP contribution in [0.2, 0.25) is 0 Å². The van der Waals surface area contributed by atoms with E-state index in [1.807, 2.05) is 6.92 Å². The second-order valence-corrected chi connectivity index (χ2v) is 9.36. The van der Waals surface area contributed by atoms with E-state index in [2.05, 4.69) is 5.18 Å². The van der Waals surface area contributed by atoms with Crippen molar-refractivity contribution in [3.8, 4) is 0 Å². The Morgan fingerprint density at radius 1 is 1.17 bits per heavy atom. The van der Waals surface area contributed by atoms with E-state index in [9.17, 15) is 39.4 Å². The van der Waals surface area contributed by atoms with Crippen LogP contribution >= 0.6 is 0 Å². The number of hydrogen-bond donors (Lipinski definition) is 4. The first-order chi connectivity index (χ1) is 16.6. The molecule has 1 aromatic rings. The predicted molar refractivity (Wildman–Crippen MR) is 124 cm³/mol. The number of Topliss-reactive ketones (excluding diaryl/α,β-unsaturated/α-hetero) is 3. The highest BCUT2D eigenvalue weighted by Crippen LogP contribution is 2.52. The van der Waals surface area contributed by atoms with E-state index in [0.29, 0.717) is 17.5 Å². The molecule has 0 heterocycles. The van der Waals surface area contributed by atoms with Gasteiger partial charge >= 0.3 is 0 Å². The Hall–Kier alpha value is -3.66. The number of primary amides is 1. The van der Waals surface area contributed by atoms with Crippen molar-refractivity contribution in [3.05, 3.63) is 50.6 Å². The summed E-state index contributed by atoms with van der Waals surface area (Å²) in [5, 5.41) is 36.0. The van der Waals surface area contributed by atoms with Gasteiger partial charge in [0.15, 0.2) is 17.2 Å². The van der Waals surface area contributed by atoms with Crippen LogP contribution in [0.1, 0.15) is 66.9 Å². The lowest BCUT2D eigenvalue weighted by Crippen LogP contribution is -2.58. The third-order valence-electron chi connectivity index (χ3n) is 7.35. The minimum absolute atomic E-state index is 0.00509. The number of fused-ring (bicyclic) bond motifs is 3. The van der Waals surface area contributed by atoms with E-state index in [1.54, 1.807) is 0 Å². The van der Waals surface area contributed by atoms with Crippen LogP contribution in [0.25, 0.3) is 5.76 Å². The van der Waals surface area contributed by atoms with Crippen LogP contribution in [0.15, 0.2) is 34.2 Å². The molecule has 1 aromatic carbocycles. The van der Waals surface area contributed by atoms with Crippen molar-refractivity contribution in [2.24, 2.45) is 22.7 Å². The van der Waals surface area contributed by atoms with E-state index in [1.165, 1.54) is 12.1 Å². The fourth-order valence-electron chi connectivity index (χ4n) is 5.63. The molecule has 3 atom stereocenters. The van der Waals surface area contributed by atoms with Crippen molar-refractivity contribution in [2.45, 2.75) is 57.5 Å². The molecule has 0 aliphatic heterocycles. The Morgan fingerprint density at radius 2 is 1.89 bits per heavy atom. The summed E-state index contributed by atoms with van der Waals surface area (Å²) in [7, 11) is 0. The number of rotatable bonds is 7. The first kappa shape index (κ1) is 24.5. The molecule has 1 saturated carbocycles. The molecule has 0 spiro atoms. The van der Waals surface area contributed by atoms with E-state index in [-0.39, 0.29) is 41.9 Å². The number of amides is 1. The van der Waals surface area contributed by atoms with Crippen molar-refractivity contribution < 1.29 is 34.5 Å². The molecule has 184 valence electrons. The number of aliphatic hydroxyl groups excluding tert-OH is 2. The normalized spacial score (nSPS) is 25.7. The molecule has 10 heteroatoms. The fourth-order valence-corrected chi connectivity index (χ4v) is 5.63. The number of aliphatic hydroxyl groups is 3. The molecular weight excluding hydrogens is 456 g/mol. The van der Waals surface area contributed by atoms with Crippen LogP contribution in [0.3, 0.4) is 0 Å². The topological polar surface area (TPSA) is 184 Å². The molecule has 0 aromatic heterocycles. The molecular formula is C25H26N2O8. The minimum Gasteiger partial charge on any atom is -0.508 e. The summed E-state index contributed by atoms with van der Waals surface area (Å²) in [5.74, 6) is -6.82. The monoisotopic (exact) mass is 482 g/mol. The number of ketones is 3. The second-order valence-electron chi connectivity index (χ2n) is 9.36. The summed E-state index contributed by atoms with van der Waals surface area (Å²) in [5.41, 5.74) is 1.93. The summed E-state index contributed by atoms with van der Waals surface area (Å²) in [4.78, 5) is 62.1. The maximum Gasteiger partial charge on any atom is 0.255 e. The number of carbonyl (C=O) groups excluding carboxylic acids is 4. The third kappa shape index (κ3) is 3.59. The van der Waals surface area contributed by atoms with Gasteiger partial charge < -0.3 is 21.1 Å². The SMILES string of the molecule is CCCCCC(=O)c1ccc(N=O)c2c1C[C@H]1C[C@H]3CC(=O)C(C(N)=O)=C(O)[C@@]3(O)C(=O)C1=C2O. The molecule has 3 aliphatic rings. The fraction of sp³-hybridized carbons (Fsp3) is 0.440. The quantitative estimate of drug-likeness (QED) is 0.198. The minimum atomic E-state index is -2.63. The molecule has 5 N–H and O–H groups in total. The summed E-state index contributed by atoms with van der Waals surface area (Å²) in [6.07, 6.45) is 2.45. The molecule has 1 amide bonds. The van der Waals surface area contributed by atoms with Gasteiger partial charge in [0.2, 0.25) is 5.78 Å². The number of nitrogens with two attached hydrogens (primary N) is 1. The maximum atomic E-state index is 13.5. The molecule has 35 heavy (non-hydrogen) atoms. The number of hydrogen-bond acceptors (Lipinski definition) is 9. The highest BCUT2D eigenvalue weighted by Gasteiger charge is 2.60. The molecule has 0 saturated heterocycles. The lowest BCUT2D eigenvalue weighted by Gasteiger charge is -2.46. The average Bonchev–Trinajstić information content (AvgIpc) is 2.80. The van der Waals surface area contributed by atoms with Crippen molar-refractivity contribution in [3.63, 3.8) is 0 Å². The van der Waals surface area contributed by atoms with E-state index >= 15 is 0 Å². The Bertz CT molecular complexity index is 1240. The van der Waals surface area contributed by atoms with Crippen LogP contribution in [0, 0.1) is 16.7 Å². The van der Waals surface area contributed by atoms with Gasteiger partial charge in [-0.1, -0.05) is 19.8 Å². The van der Waals surface area contributed by atoms with E-state index in [0.717, 1.165) is 12.8 Å². The molecule has 0 unspecified atom stereocenters. The largest absolute Gasteiger partial charge is 0.508 e. The number of carbonyl (C=O) groups is 4. The van der Waals surface area contributed by atoms with Gasteiger partial charge in [-0.05, 0) is 48.1 Å². The molecule has 0 radical (unpaired) electrons. The number of benzene rings is 1. The van der Waals surface area contributed by atoms with Crippen LogP contribution < -0.4 is 5.73 Å². The Labute approximate surface area is 200 Å². The van der Waals surface area contributed by atoms with Crippen LogP contribution in [0.5, 0.6) is 0 Å². The summed E-state index contributed by atoms with van der Waals surface area (Å²) >= 11 is 0. The number of nitroso groups, excluding NO2 is 1. The molecule has 4 rings (SSSR count). The van der Waals surface area contributed by atoms with Gasteiger partial charge in [-0.25, -0.2) is 0 Å². The molecule has 0 bridgehead atoms. The smallest absolute Gasteiger partial charge is 0.255 e. The van der Waals surface area contributed by atoms with Crippen molar-refractivity contribution in [1.29, 1.82) is 0 Å². The van der Waals surface area contributed by atoms with Crippen LogP contribution in [-0.4, -0.2) is 44.2 Å². The first-order valence-electron chi connectivity index (χ1n) is 11.6. The van der Waals surface area contributed by atoms with Gasteiger partial charge in [0.25, 0.3) is 5.91 Å². The zero-order valence-electron chi connectivity index (χ0n) is 19.2. The second kappa shape index (κ2) is 8.84. The molecule has 10 nitrogen and oxygen atoms in total. The van der Waals surface area contributed by atoms with Gasteiger partial charge in [-0.2, -0.15) is 0 Å². The Morgan fingerprint density at radius 3 is 2.51 bits per heavy atom. The van der Waals surface area contributed by atoms with Crippen molar-refractivity contribution in [2.75, 3.05) is 0 Å². The molecule has 1 fully saturated rings. The zero-order chi connectivity index (χ0) is 25.7. The highest BCUT2D eigenvalue weighted by atomic mass is 16.3. The summed E-state index contributed by atoms with van der Waals surface area (Å²) in [6.45, 7) is 2.01. The lowest BCUT2D eigenvalue weighted by molar-refractivity contribution is -0.147. The standard InChI is InChI=1S/C25H26N2O8/c1-2-3-4-5-16(28)13-6-7-15(27-35)19-14(13)9-11-8-12-10-17(29)20(24(26)33)23(32)25(12,34)22(31)18(11)21(19)30/h6-7,11-12,30,32,34H,2-5,8-10H2,1H3,(H2,26,33)/t11-,12+,25+/m1/s1. The van der Waals surface area contributed by atoms with Gasteiger partial charge in [0, 0.05) is 35.5 Å². The highest BCUT2D eigenvalue weighted by molar-refractivity contribution is 6.22. The van der Waals surface area contributed by atoms with Crippen molar-refractivity contribution >= 4 is 34.7 Å². The van der Waals surface area contributed by atoms with Gasteiger partial charge in [-0.3, -0.25) is 19.2 Å². The summed E-state index contributed by atoms with van der Waals surface area (Å²) < 4.78 is 0. The van der Waals surface area contributed by atoms with E-state index in [4.69, 9.17) is 5.73 Å². The third-order valence-corrected chi connectivity index (χ3v) is 7.35. The Balaban J connectivity index is 1.87. The zero-order valence-corrected chi connectivity index (χ0v) is 19.2. The van der Waals surface area contributed by atoms with Gasteiger partial charge in [-0.15, -0.1) is 4.91 Å². The predicted octanol–water partition coefficient (Wildman–Crippen LogP) is 2.88. The lowest BCUT2D eigenvalue weighted by atomic mass is 9.59. The average molecular weight is 482 g/mol. The summed E-state index contributed by atoms with van der Waals surface area (Å²) in [6, 6.07) is 2.78. The van der Waals surface area contributed by atoms with Gasteiger partial charge in [0.05, 0.1) is 0 Å². The van der Waals surface area contributed by atoms with Crippen LogP contribution in [0.4, 0.5) is 5.69 Å². The number of unbranched alkanes of at least 4 members (excludes halogenated alkanes) is 2. The number of nitrogens with zero attached hydrogens (tertiary/aromatic N) is 1.